The van der Waals surface area contributed by atoms with Crippen molar-refractivity contribution in [2.45, 2.75) is 13.8 Å². The van der Waals surface area contributed by atoms with Crippen molar-refractivity contribution in [1.82, 2.24) is 0 Å². The molecule has 0 fully saturated rings. The lowest BCUT2D eigenvalue weighted by molar-refractivity contribution is -0.131. The summed E-state index contributed by atoms with van der Waals surface area (Å²) in [5.74, 6) is -2.08. The maximum atomic E-state index is 11.4. The maximum absolute atomic E-state index is 11.4. The number of ether oxygens (including phenoxy) is 1. The highest BCUT2D eigenvalue weighted by molar-refractivity contribution is 6.45. The Morgan fingerprint density at radius 3 is 2.38 bits per heavy atom. The summed E-state index contributed by atoms with van der Waals surface area (Å²) >= 11 is 5.86. The van der Waals surface area contributed by atoms with E-state index in [1.807, 2.05) is 0 Å². The molecule has 0 saturated heterocycles. The van der Waals surface area contributed by atoms with Gasteiger partial charge in [-0.2, -0.15) is 0 Å². The predicted molar refractivity (Wildman–Crippen MR) is 59.4 cm³/mol. The van der Waals surface area contributed by atoms with Gasteiger partial charge in [-0.15, -0.1) is 0 Å². The van der Waals surface area contributed by atoms with E-state index in [0.29, 0.717) is 11.3 Å². The molecular weight excluding hydrogens is 232 g/mol. The number of carboxylic acid groups (broad SMARTS) is 1. The lowest BCUT2D eigenvalue weighted by atomic mass is 10.0. The molecule has 5 heteroatoms. The Balaban J connectivity index is 3.51. The van der Waals surface area contributed by atoms with Gasteiger partial charge in [-0.05, 0) is 25.5 Å². The minimum atomic E-state index is -1.53. The van der Waals surface area contributed by atoms with Crippen LogP contribution in [0.3, 0.4) is 0 Å². The fraction of sp³-hybridized carbons (Fsp3) is 0.273. The molecule has 0 aromatic heterocycles. The summed E-state index contributed by atoms with van der Waals surface area (Å²) in [6, 6.07) is 1.52. The van der Waals surface area contributed by atoms with Gasteiger partial charge < -0.3 is 9.84 Å². The van der Waals surface area contributed by atoms with Crippen molar-refractivity contribution in [2.75, 3.05) is 7.11 Å². The summed E-state index contributed by atoms with van der Waals surface area (Å²) in [6.07, 6.45) is 0. The first-order chi connectivity index (χ1) is 7.40. The summed E-state index contributed by atoms with van der Waals surface area (Å²) < 4.78 is 5.10. The zero-order valence-corrected chi connectivity index (χ0v) is 9.88. The van der Waals surface area contributed by atoms with Crippen LogP contribution >= 0.6 is 11.6 Å². The smallest absolute Gasteiger partial charge is 0.377 e. The van der Waals surface area contributed by atoms with E-state index in [1.165, 1.54) is 13.2 Å². The summed E-state index contributed by atoms with van der Waals surface area (Å²) in [4.78, 5) is 22.1. The number of halogens is 1. The molecule has 0 saturated carbocycles. The van der Waals surface area contributed by atoms with E-state index in [9.17, 15) is 9.59 Å². The highest BCUT2D eigenvalue weighted by Crippen LogP contribution is 2.32. The number of carbonyl (C=O) groups is 2. The second-order valence-corrected chi connectivity index (χ2v) is 3.75. The van der Waals surface area contributed by atoms with Crippen molar-refractivity contribution < 1.29 is 19.4 Å². The molecule has 0 amide bonds. The largest absolute Gasteiger partial charge is 0.496 e. The van der Waals surface area contributed by atoms with E-state index in [-0.39, 0.29) is 10.6 Å². The molecule has 1 aromatic carbocycles. The van der Waals surface area contributed by atoms with Crippen molar-refractivity contribution in [2.24, 2.45) is 0 Å². The van der Waals surface area contributed by atoms with Crippen molar-refractivity contribution >= 4 is 23.4 Å². The van der Waals surface area contributed by atoms with Crippen molar-refractivity contribution in [3.8, 4) is 5.75 Å². The fourth-order valence-electron chi connectivity index (χ4n) is 1.62. The Morgan fingerprint density at radius 2 is 1.94 bits per heavy atom. The van der Waals surface area contributed by atoms with Crippen LogP contribution in [-0.2, 0) is 4.79 Å². The van der Waals surface area contributed by atoms with Gasteiger partial charge in [0.1, 0.15) is 5.75 Å². The third-order valence-electron chi connectivity index (χ3n) is 2.28. The number of ketones is 1. The van der Waals surface area contributed by atoms with Crippen LogP contribution in [0.5, 0.6) is 5.75 Å². The van der Waals surface area contributed by atoms with Crippen LogP contribution in [0.2, 0.25) is 5.02 Å². The van der Waals surface area contributed by atoms with Gasteiger partial charge in [-0.1, -0.05) is 11.6 Å². The van der Waals surface area contributed by atoms with Crippen LogP contribution < -0.4 is 4.74 Å². The Morgan fingerprint density at radius 1 is 1.38 bits per heavy atom. The minimum Gasteiger partial charge on any atom is -0.496 e. The molecular formula is C11H11ClO4. The van der Waals surface area contributed by atoms with Crippen molar-refractivity contribution in [1.29, 1.82) is 0 Å². The Kier molecular flexibility index (Phi) is 3.55. The zero-order valence-electron chi connectivity index (χ0n) is 9.13. The van der Waals surface area contributed by atoms with E-state index < -0.39 is 11.8 Å². The van der Waals surface area contributed by atoms with Crippen LogP contribution in [0.4, 0.5) is 0 Å². The number of aryl methyl sites for hydroxylation is 1. The predicted octanol–water partition coefficient (Wildman–Crippen LogP) is 2.23. The van der Waals surface area contributed by atoms with Gasteiger partial charge in [0.05, 0.1) is 17.7 Å². The summed E-state index contributed by atoms with van der Waals surface area (Å²) in [7, 11) is 1.46. The van der Waals surface area contributed by atoms with Crippen LogP contribution in [-0.4, -0.2) is 24.0 Å². The van der Waals surface area contributed by atoms with E-state index in [0.717, 1.165) is 5.56 Å². The highest BCUT2D eigenvalue weighted by Gasteiger charge is 2.23. The maximum Gasteiger partial charge on any atom is 0.377 e. The first-order valence-electron chi connectivity index (χ1n) is 4.51. The number of benzene rings is 1. The van der Waals surface area contributed by atoms with Gasteiger partial charge in [0, 0.05) is 5.56 Å². The molecule has 86 valence electrons. The van der Waals surface area contributed by atoms with Crippen molar-refractivity contribution in [3.05, 3.63) is 27.8 Å². The minimum absolute atomic E-state index is 0.0170. The second kappa shape index (κ2) is 4.53. The molecule has 0 spiro atoms. The van der Waals surface area contributed by atoms with Crippen LogP contribution in [0.15, 0.2) is 6.07 Å². The summed E-state index contributed by atoms with van der Waals surface area (Å²) in [5.41, 5.74) is 1.18. The molecule has 0 aliphatic rings. The third kappa shape index (κ3) is 2.02. The lowest BCUT2D eigenvalue weighted by Crippen LogP contribution is -2.15. The van der Waals surface area contributed by atoms with Gasteiger partial charge in [-0.25, -0.2) is 4.79 Å². The van der Waals surface area contributed by atoms with Crippen LogP contribution in [0, 0.1) is 13.8 Å². The highest BCUT2D eigenvalue weighted by atomic mass is 35.5. The van der Waals surface area contributed by atoms with E-state index >= 15 is 0 Å². The number of methoxy groups -OCH3 is 1. The molecule has 0 unspecified atom stereocenters. The average Bonchev–Trinajstić information content (AvgIpc) is 2.17. The number of Topliss-reactive ketones (excluding diaryl/α,β-unsaturated/α-hetero) is 1. The molecule has 0 bridgehead atoms. The monoisotopic (exact) mass is 242 g/mol. The van der Waals surface area contributed by atoms with Crippen LogP contribution in [0.25, 0.3) is 0 Å². The number of hydrogen-bond acceptors (Lipinski definition) is 3. The number of carboxylic acids is 1. The molecule has 0 radical (unpaired) electrons. The molecule has 0 aliphatic heterocycles. The first kappa shape index (κ1) is 12.5. The molecule has 1 aromatic rings. The van der Waals surface area contributed by atoms with Gasteiger partial charge in [0.15, 0.2) is 0 Å². The second-order valence-electron chi connectivity index (χ2n) is 3.34. The SMILES string of the molecule is COc1c(C)cc(Cl)c(C(=O)C(=O)O)c1C. The van der Waals surface area contributed by atoms with Crippen molar-refractivity contribution in [3.63, 3.8) is 0 Å². The molecule has 1 N–H and O–H groups in total. The Hall–Kier alpha value is -1.55. The molecule has 0 atom stereocenters. The van der Waals surface area contributed by atoms with E-state index in [2.05, 4.69) is 0 Å². The normalized spacial score (nSPS) is 10.0. The number of carbonyl (C=O) groups excluding carboxylic acids is 1. The van der Waals surface area contributed by atoms with Gasteiger partial charge in [-0.3, -0.25) is 4.79 Å². The molecule has 0 aliphatic carbocycles. The van der Waals surface area contributed by atoms with Gasteiger partial charge in [0.2, 0.25) is 0 Å². The Labute approximate surface area is 97.8 Å². The average molecular weight is 243 g/mol. The summed E-state index contributed by atoms with van der Waals surface area (Å²) in [6.45, 7) is 3.38. The summed E-state index contributed by atoms with van der Waals surface area (Å²) in [5, 5.41) is 8.80. The van der Waals surface area contributed by atoms with E-state index in [4.69, 9.17) is 21.4 Å². The number of hydrogen-bond donors (Lipinski definition) is 1. The fourth-order valence-corrected chi connectivity index (χ4v) is 2.01. The Bertz CT molecular complexity index is 466. The molecule has 16 heavy (non-hydrogen) atoms. The molecule has 4 nitrogen and oxygen atoms in total. The number of rotatable bonds is 3. The van der Waals surface area contributed by atoms with E-state index in [1.54, 1.807) is 13.8 Å². The quantitative estimate of drug-likeness (QED) is 0.652. The number of aliphatic carboxylic acids is 1. The van der Waals surface area contributed by atoms with Gasteiger partial charge in [0.25, 0.3) is 5.78 Å². The third-order valence-corrected chi connectivity index (χ3v) is 2.58. The molecule has 0 heterocycles. The molecule has 1 rings (SSSR count). The lowest BCUT2D eigenvalue weighted by Gasteiger charge is -2.12. The first-order valence-corrected chi connectivity index (χ1v) is 4.89. The van der Waals surface area contributed by atoms with Crippen LogP contribution in [0.1, 0.15) is 21.5 Å². The van der Waals surface area contributed by atoms with Gasteiger partial charge >= 0.3 is 5.97 Å². The zero-order chi connectivity index (χ0) is 12.5. The topological polar surface area (TPSA) is 63.6 Å². The standard InChI is InChI=1S/C11H11ClO4/c1-5-4-7(12)8(9(13)11(14)15)6(2)10(5)16-3/h4H,1-3H3,(H,14,15).